The van der Waals surface area contributed by atoms with Crippen LogP contribution in [-0.4, -0.2) is 42.5 Å². The summed E-state index contributed by atoms with van der Waals surface area (Å²) in [6.07, 6.45) is -5.27. The first kappa shape index (κ1) is 18.2. The van der Waals surface area contributed by atoms with Crippen molar-refractivity contribution in [3.8, 4) is 0 Å². The molecule has 19 heavy (non-hydrogen) atoms. The molecule has 0 aromatic carbocycles. The molecule has 0 heterocycles. The maximum absolute atomic E-state index is 12.7. The van der Waals surface area contributed by atoms with Crippen LogP contribution in [0.1, 0.15) is 41.5 Å². The smallest absolute Gasteiger partial charge is 0.414 e. The van der Waals surface area contributed by atoms with Gasteiger partial charge in [-0.2, -0.15) is 18.0 Å². The molecule has 0 aliphatic heterocycles. The van der Waals surface area contributed by atoms with Gasteiger partial charge in [0, 0.05) is 5.41 Å². The first-order valence-corrected chi connectivity index (χ1v) is 6.19. The zero-order chi connectivity index (χ0) is 15.7. The molecular formula is C13H25F3NO2+. The van der Waals surface area contributed by atoms with Crippen LogP contribution in [0.4, 0.5) is 18.0 Å². The molecule has 6 heteroatoms. The second-order valence-electron chi connectivity index (χ2n) is 7.37. The van der Waals surface area contributed by atoms with E-state index in [1.807, 2.05) is 0 Å². The number of rotatable bonds is 2. The van der Waals surface area contributed by atoms with Gasteiger partial charge in [0.15, 0.2) is 6.54 Å². The van der Waals surface area contributed by atoms with Crippen molar-refractivity contribution in [2.75, 3.05) is 20.1 Å². The summed E-state index contributed by atoms with van der Waals surface area (Å²) < 4.78 is 42.4. The molecule has 0 aliphatic rings. The van der Waals surface area contributed by atoms with Gasteiger partial charge in [-0.05, 0) is 20.8 Å². The SMILES string of the molecule is CC(C)(C)C[N+](C)(CC(F)(F)F)C(=O)OC(C)(C)C. The second-order valence-corrected chi connectivity index (χ2v) is 7.37. The molecule has 1 amide bonds. The Morgan fingerprint density at radius 3 is 1.68 bits per heavy atom. The van der Waals surface area contributed by atoms with Gasteiger partial charge >= 0.3 is 12.3 Å². The van der Waals surface area contributed by atoms with Gasteiger partial charge in [0.2, 0.25) is 0 Å². The summed E-state index contributed by atoms with van der Waals surface area (Å²) in [4.78, 5) is 12.1. The van der Waals surface area contributed by atoms with E-state index in [4.69, 9.17) is 4.74 Å². The van der Waals surface area contributed by atoms with Crippen LogP contribution < -0.4 is 0 Å². The van der Waals surface area contributed by atoms with Crippen molar-refractivity contribution in [1.82, 2.24) is 0 Å². The Hall–Kier alpha value is -0.780. The zero-order valence-electron chi connectivity index (χ0n) is 12.8. The Balaban J connectivity index is 5.22. The van der Waals surface area contributed by atoms with Crippen LogP contribution >= 0.6 is 0 Å². The fourth-order valence-electron chi connectivity index (χ4n) is 2.00. The average Bonchev–Trinajstić information content (AvgIpc) is 1.91. The molecule has 3 nitrogen and oxygen atoms in total. The van der Waals surface area contributed by atoms with E-state index in [0.29, 0.717) is 0 Å². The van der Waals surface area contributed by atoms with E-state index in [0.717, 1.165) is 0 Å². The Kier molecular flexibility index (Phi) is 5.09. The number of hydrogen-bond acceptors (Lipinski definition) is 2. The summed E-state index contributed by atoms with van der Waals surface area (Å²) >= 11 is 0. The minimum atomic E-state index is -4.42. The van der Waals surface area contributed by atoms with Crippen LogP contribution in [0, 0.1) is 5.41 Å². The molecule has 0 spiro atoms. The van der Waals surface area contributed by atoms with Gasteiger partial charge in [-0.15, -0.1) is 0 Å². The predicted molar refractivity (Wildman–Crippen MR) is 67.7 cm³/mol. The Morgan fingerprint density at radius 2 is 1.42 bits per heavy atom. The Labute approximate surface area is 113 Å². The van der Waals surface area contributed by atoms with Gasteiger partial charge in [-0.1, -0.05) is 20.8 Å². The highest BCUT2D eigenvalue weighted by atomic mass is 19.4. The number of ether oxygens (including phenoxy) is 1. The maximum atomic E-state index is 12.7. The van der Waals surface area contributed by atoms with Gasteiger partial charge in [-0.25, -0.2) is 4.48 Å². The van der Waals surface area contributed by atoms with Crippen molar-refractivity contribution in [2.45, 2.75) is 53.3 Å². The molecule has 0 fully saturated rings. The topological polar surface area (TPSA) is 26.3 Å². The van der Waals surface area contributed by atoms with E-state index >= 15 is 0 Å². The third kappa shape index (κ3) is 8.08. The summed E-state index contributed by atoms with van der Waals surface area (Å²) in [6.45, 7) is 9.14. The van der Waals surface area contributed by atoms with E-state index in [1.54, 1.807) is 41.5 Å². The minimum Gasteiger partial charge on any atom is -0.414 e. The minimum absolute atomic E-state index is 0.0570. The number of amides is 1. The standard InChI is InChI=1S/C13H25F3NO2/c1-11(2,3)8-17(7,9-13(14,15)16)10(18)19-12(4,5)6/h8-9H2,1-7H3/q+1. The van der Waals surface area contributed by atoms with Crippen LogP contribution in [0.15, 0.2) is 0 Å². The van der Waals surface area contributed by atoms with Crippen molar-refractivity contribution in [1.29, 1.82) is 0 Å². The molecule has 0 bridgehead atoms. The van der Waals surface area contributed by atoms with E-state index in [1.165, 1.54) is 7.05 Å². The van der Waals surface area contributed by atoms with Gasteiger partial charge in [0.25, 0.3) is 0 Å². The lowest BCUT2D eigenvalue weighted by atomic mass is 9.95. The lowest BCUT2D eigenvalue weighted by Crippen LogP contribution is -2.58. The van der Waals surface area contributed by atoms with Crippen molar-refractivity contribution in [3.05, 3.63) is 0 Å². The van der Waals surface area contributed by atoms with Crippen molar-refractivity contribution < 1.29 is 27.2 Å². The molecule has 0 rings (SSSR count). The summed E-state index contributed by atoms with van der Waals surface area (Å²) in [5.74, 6) is 0. The van der Waals surface area contributed by atoms with Crippen LogP contribution in [-0.2, 0) is 4.74 Å². The highest BCUT2D eigenvalue weighted by molar-refractivity contribution is 5.60. The molecular weight excluding hydrogens is 259 g/mol. The van der Waals surface area contributed by atoms with Gasteiger partial charge in [-0.3, -0.25) is 0 Å². The number of quaternary nitrogens is 1. The van der Waals surface area contributed by atoms with E-state index < -0.39 is 34.3 Å². The number of halogens is 3. The molecule has 1 atom stereocenters. The molecule has 1 unspecified atom stereocenters. The van der Waals surface area contributed by atoms with E-state index in [-0.39, 0.29) is 6.54 Å². The molecule has 0 aliphatic carbocycles. The molecule has 0 radical (unpaired) electrons. The van der Waals surface area contributed by atoms with E-state index in [2.05, 4.69) is 0 Å². The second kappa shape index (κ2) is 5.31. The third-order valence-corrected chi connectivity index (χ3v) is 2.19. The maximum Gasteiger partial charge on any atom is 0.516 e. The number of nitrogens with zero attached hydrogens (tertiary/aromatic N) is 1. The first-order chi connectivity index (χ1) is 8.04. The lowest BCUT2D eigenvalue weighted by molar-refractivity contribution is -0.856. The predicted octanol–water partition coefficient (Wildman–Crippen LogP) is 3.98. The summed E-state index contributed by atoms with van der Waals surface area (Å²) in [7, 11) is 1.27. The highest BCUT2D eigenvalue weighted by Gasteiger charge is 2.48. The van der Waals surface area contributed by atoms with Crippen LogP contribution in [0.25, 0.3) is 0 Å². The number of alkyl halides is 3. The third-order valence-electron chi connectivity index (χ3n) is 2.19. The largest absolute Gasteiger partial charge is 0.516 e. The zero-order valence-corrected chi connectivity index (χ0v) is 12.8. The van der Waals surface area contributed by atoms with Gasteiger partial charge < -0.3 is 4.74 Å². The van der Waals surface area contributed by atoms with Crippen LogP contribution in [0.3, 0.4) is 0 Å². The Bertz CT molecular complexity index is 308. The molecule has 0 saturated carbocycles. The quantitative estimate of drug-likeness (QED) is 0.717. The van der Waals surface area contributed by atoms with Crippen molar-refractivity contribution in [3.63, 3.8) is 0 Å². The van der Waals surface area contributed by atoms with Crippen molar-refractivity contribution in [2.24, 2.45) is 5.41 Å². The lowest BCUT2D eigenvalue weighted by Gasteiger charge is -2.37. The number of carbonyl (C=O) groups is 1. The fourth-order valence-corrected chi connectivity index (χ4v) is 2.00. The summed E-state index contributed by atoms with van der Waals surface area (Å²) in [5.41, 5.74) is -1.23. The molecule has 0 aromatic rings. The fraction of sp³-hybridized carbons (Fsp3) is 0.923. The molecule has 0 saturated heterocycles. The monoisotopic (exact) mass is 284 g/mol. The van der Waals surface area contributed by atoms with E-state index in [9.17, 15) is 18.0 Å². The molecule has 0 N–H and O–H groups in total. The summed E-state index contributed by atoms with van der Waals surface area (Å²) in [6, 6.07) is 0. The van der Waals surface area contributed by atoms with Crippen molar-refractivity contribution >= 4 is 6.09 Å². The average molecular weight is 284 g/mol. The molecule has 0 aromatic heterocycles. The van der Waals surface area contributed by atoms with Gasteiger partial charge in [0.05, 0.1) is 13.6 Å². The summed E-state index contributed by atoms with van der Waals surface area (Å²) in [5, 5.41) is 0. The Morgan fingerprint density at radius 1 is 1.00 bits per heavy atom. The van der Waals surface area contributed by atoms with Crippen LogP contribution in [0.5, 0.6) is 0 Å². The number of hydrogen-bond donors (Lipinski definition) is 0. The van der Waals surface area contributed by atoms with Gasteiger partial charge in [0.1, 0.15) is 5.60 Å². The first-order valence-electron chi connectivity index (χ1n) is 6.19. The normalized spacial score (nSPS) is 16.9. The number of carbonyl (C=O) groups excluding carboxylic acids is 1. The van der Waals surface area contributed by atoms with Crippen LogP contribution in [0.2, 0.25) is 0 Å². The molecule has 114 valence electrons. The highest BCUT2D eigenvalue weighted by Crippen LogP contribution is 2.28.